The van der Waals surface area contributed by atoms with Crippen LogP contribution in [0.3, 0.4) is 0 Å². The molecular weight excluding hydrogens is 537 g/mol. The van der Waals surface area contributed by atoms with E-state index >= 15 is 0 Å². The Hall–Kier alpha value is -2.28. The Balaban J connectivity index is 0.00000324. The summed E-state index contributed by atoms with van der Waals surface area (Å²) >= 11 is 13.7. The third kappa shape index (κ3) is 5.51. The summed E-state index contributed by atoms with van der Waals surface area (Å²) in [5.74, 6) is -0.581. The van der Waals surface area contributed by atoms with Gasteiger partial charge in [0.1, 0.15) is 11.1 Å². The molecule has 0 saturated heterocycles. The van der Waals surface area contributed by atoms with Gasteiger partial charge in [-0.3, -0.25) is 9.52 Å². The van der Waals surface area contributed by atoms with Crippen LogP contribution < -0.4 is 10.0 Å². The molecule has 0 aliphatic heterocycles. The molecular formula is C23H20Cl3N3O3S2. The highest BCUT2D eigenvalue weighted by atomic mass is 35.5. The van der Waals surface area contributed by atoms with Crippen molar-refractivity contribution in [2.24, 2.45) is 0 Å². The molecule has 3 aromatic rings. The van der Waals surface area contributed by atoms with Crippen molar-refractivity contribution in [1.82, 2.24) is 0 Å². The molecule has 6 nitrogen and oxygen atoms in total. The van der Waals surface area contributed by atoms with Crippen molar-refractivity contribution < 1.29 is 13.2 Å². The lowest BCUT2D eigenvalue weighted by atomic mass is 10.1. The van der Waals surface area contributed by atoms with Gasteiger partial charge in [-0.15, -0.1) is 23.7 Å². The van der Waals surface area contributed by atoms with Crippen molar-refractivity contribution in [3.63, 3.8) is 0 Å². The number of aryl methyl sites for hydroxylation is 1. The molecule has 34 heavy (non-hydrogen) atoms. The van der Waals surface area contributed by atoms with E-state index in [1.807, 2.05) is 0 Å². The second kappa shape index (κ2) is 11.0. The lowest BCUT2D eigenvalue weighted by Gasteiger charge is -2.12. The predicted octanol–water partition coefficient (Wildman–Crippen LogP) is 6.67. The maximum Gasteiger partial charge on any atom is 0.261 e. The standard InChI is InChI=1S/C23H19Cl2N3O3S2.ClH/c24-18-11-10-14(33(30,31)28-20-8-5-4-7-19(20)25)12-16(18)22(29)27-23-17(13-26)15-6-2-1-3-9-21(15)32-23;/h4-5,7-8,10-12,28H,1-3,6,9H2,(H,27,29);1H. The quantitative estimate of drug-likeness (QED) is 0.343. The summed E-state index contributed by atoms with van der Waals surface area (Å²) in [5.41, 5.74) is 1.69. The van der Waals surface area contributed by atoms with E-state index in [9.17, 15) is 18.5 Å². The van der Waals surface area contributed by atoms with Crippen molar-refractivity contribution in [1.29, 1.82) is 5.26 Å². The number of nitrogens with one attached hydrogen (secondary N) is 2. The van der Waals surface area contributed by atoms with E-state index in [1.165, 1.54) is 35.6 Å². The number of rotatable bonds is 5. The van der Waals surface area contributed by atoms with Gasteiger partial charge in [-0.2, -0.15) is 5.26 Å². The van der Waals surface area contributed by atoms with E-state index in [2.05, 4.69) is 16.1 Å². The van der Waals surface area contributed by atoms with Crippen LogP contribution in [0.5, 0.6) is 0 Å². The number of carbonyl (C=O) groups is 1. The minimum atomic E-state index is -4.02. The lowest BCUT2D eigenvalue weighted by Crippen LogP contribution is -2.16. The zero-order chi connectivity index (χ0) is 23.6. The number of fused-ring (bicyclic) bond motifs is 1. The molecule has 0 radical (unpaired) electrons. The van der Waals surface area contributed by atoms with Crippen molar-refractivity contribution in [2.45, 2.75) is 37.0 Å². The van der Waals surface area contributed by atoms with Gasteiger partial charge >= 0.3 is 0 Å². The third-order valence-electron chi connectivity index (χ3n) is 5.37. The van der Waals surface area contributed by atoms with E-state index in [-0.39, 0.29) is 38.6 Å². The SMILES string of the molecule is Cl.N#Cc1c(NC(=O)c2cc(S(=O)(=O)Nc3ccccc3Cl)ccc2Cl)sc2c1CCCCC2. The molecule has 2 aromatic carbocycles. The van der Waals surface area contributed by atoms with Gasteiger partial charge in [0.2, 0.25) is 0 Å². The summed E-state index contributed by atoms with van der Waals surface area (Å²) in [6.45, 7) is 0. The Morgan fingerprint density at radius 1 is 1.03 bits per heavy atom. The van der Waals surface area contributed by atoms with E-state index in [0.717, 1.165) is 42.5 Å². The fraction of sp³-hybridized carbons (Fsp3) is 0.217. The monoisotopic (exact) mass is 555 g/mol. The zero-order valence-corrected chi connectivity index (χ0v) is 21.7. The molecule has 1 aliphatic carbocycles. The molecule has 11 heteroatoms. The van der Waals surface area contributed by atoms with E-state index in [1.54, 1.807) is 18.2 Å². The second-order valence-electron chi connectivity index (χ2n) is 7.56. The first-order valence-corrected chi connectivity index (χ1v) is 13.3. The van der Waals surface area contributed by atoms with Gasteiger partial charge in [-0.25, -0.2) is 8.42 Å². The number of carbonyl (C=O) groups excluding carboxylic acids is 1. The molecule has 0 unspecified atom stereocenters. The minimum absolute atomic E-state index is 0. The summed E-state index contributed by atoms with van der Waals surface area (Å²) in [7, 11) is -4.02. The average Bonchev–Trinajstić information content (AvgIpc) is 2.94. The Morgan fingerprint density at radius 2 is 1.76 bits per heavy atom. The Labute approximate surface area is 218 Å². The topological polar surface area (TPSA) is 99.1 Å². The number of amides is 1. The number of nitriles is 1. The first kappa shape index (κ1) is 26.3. The zero-order valence-electron chi connectivity index (χ0n) is 17.7. The first-order chi connectivity index (χ1) is 15.8. The molecule has 4 rings (SSSR count). The van der Waals surface area contributed by atoms with Crippen molar-refractivity contribution in [3.8, 4) is 6.07 Å². The molecule has 1 amide bonds. The summed E-state index contributed by atoms with van der Waals surface area (Å²) in [6.07, 6.45) is 4.87. The Morgan fingerprint density at radius 3 is 2.50 bits per heavy atom. The third-order valence-corrected chi connectivity index (χ3v) is 8.60. The number of thiophene rings is 1. The van der Waals surface area contributed by atoms with Crippen molar-refractivity contribution in [2.75, 3.05) is 10.0 Å². The number of sulfonamides is 1. The van der Waals surface area contributed by atoms with E-state index in [4.69, 9.17) is 23.2 Å². The highest BCUT2D eigenvalue weighted by Crippen LogP contribution is 2.37. The minimum Gasteiger partial charge on any atom is -0.312 e. The van der Waals surface area contributed by atoms with Crippen LogP contribution in [0.25, 0.3) is 0 Å². The molecule has 0 fully saturated rings. The van der Waals surface area contributed by atoms with Crippen LogP contribution in [0.1, 0.15) is 45.6 Å². The molecule has 0 bridgehead atoms. The summed E-state index contributed by atoms with van der Waals surface area (Å²) in [6, 6.07) is 12.5. The lowest BCUT2D eigenvalue weighted by molar-refractivity contribution is 0.102. The molecule has 1 aliphatic rings. The van der Waals surface area contributed by atoms with Gasteiger partial charge in [0.15, 0.2) is 0 Å². The van der Waals surface area contributed by atoms with Crippen LogP contribution in [0.4, 0.5) is 10.7 Å². The maximum absolute atomic E-state index is 13.0. The van der Waals surface area contributed by atoms with Crippen LogP contribution >= 0.6 is 46.9 Å². The van der Waals surface area contributed by atoms with Gasteiger partial charge < -0.3 is 5.32 Å². The number of para-hydroxylation sites is 1. The number of nitrogens with zero attached hydrogens (tertiary/aromatic N) is 1. The summed E-state index contributed by atoms with van der Waals surface area (Å²) in [4.78, 5) is 14.0. The fourth-order valence-corrected chi connectivity index (χ4v) is 6.50. The normalized spacial score (nSPS) is 13.1. The van der Waals surface area contributed by atoms with E-state index < -0.39 is 15.9 Å². The summed E-state index contributed by atoms with van der Waals surface area (Å²) < 4.78 is 28.2. The Bertz CT molecular complexity index is 1380. The van der Waals surface area contributed by atoms with Gasteiger partial charge in [0.25, 0.3) is 15.9 Å². The first-order valence-electron chi connectivity index (χ1n) is 10.2. The van der Waals surface area contributed by atoms with Crippen LogP contribution in [0.2, 0.25) is 10.0 Å². The summed E-state index contributed by atoms with van der Waals surface area (Å²) in [5, 5.41) is 13.3. The van der Waals surface area contributed by atoms with Crippen molar-refractivity contribution >= 4 is 73.6 Å². The van der Waals surface area contributed by atoms with Gasteiger partial charge in [0, 0.05) is 4.88 Å². The molecule has 1 heterocycles. The largest absolute Gasteiger partial charge is 0.312 e. The Kier molecular flexibility index (Phi) is 8.50. The highest BCUT2D eigenvalue weighted by Gasteiger charge is 2.24. The van der Waals surface area contributed by atoms with Gasteiger partial charge in [-0.1, -0.05) is 41.8 Å². The number of anilines is 2. The maximum atomic E-state index is 13.0. The second-order valence-corrected chi connectivity index (χ2v) is 11.2. The van der Waals surface area contributed by atoms with Gasteiger partial charge in [-0.05, 0) is 61.6 Å². The van der Waals surface area contributed by atoms with Crippen LogP contribution in [0, 0.1) is 11.3 Å². The average molecular weight is 557 g/mol. The highest BCUT2D eigenvalue weighted by molar-refractivity contribution is 7.92. The number of hydrogen-bond donors (Lipinski definition) is 2. The molecule has 2 N–H and O–H groups in total. The molecule has 0 spiro atoms. The van der Waals surface area contributed by atoms with Crippen LogP contribution in [-0.4, -0.2) is 14.3 Å². The molecule has 0 atom stereocenters. The van der Waals surface area contributed by atoms with Crippen molar-refractivity contribution in [3.05, 3.63) is 74.1 Å². The predicted molar refractivity (Wildman–Crippen MR) is 139 cm³/mol. The molecule has 1 aromatic heterocycles. The number of benzene rings is 2. The van der Waals surface area contributed by atoms with E-state index in [0.29, 0.717) is 10.6 Å². The van der Waals surface area contributed by atoms with Crippen LogP contribution in [0.15, 0.2) is 47.4 Å². The van der Waals surface area contributed by atoms with Gasteiger partial charge in [0.05, 0.1) is 31.8 Å². The number of halogens is 3. The molecule has 0 saturated carbocycles. The van der Waals surface area contributed by atoms with Crippen LogP contribution in [-0.2, 0) is 22.9 Å². The fourth-order valence-electron chi connectivity index (χ4n) is 3.71. The smallest absolute Gasteiger partial charge is 0.261 e. The molecule has 178 valence electrons. The number of hydrogen-bond acceptors (Lipinski definition) is 5.